The van der Waals surface area contributed by atoms with Crippen molar-refractivity contribution in [2.45, 2.75) is 127 Å². The number of nitrogens with one attached hydrogen (secondary N) is 3. The van der Waals surface area contributed by atoms with E-state index in [2.05, 4.69) is 16.0 Å². The van der Waals surface area contributed by atoms with Crippen LogP contribution < -0.4 is 25.6 Å². The van der Waals surface area contributed by atoms with E-state index in [0.717, 1.165) is 29.5 Å². The minimum absolute atomic E-state index is 0.0227. The third-order valence-corrected chi connectivity index (χ3v) is 16.5. The van der Waals surface area contributed by atoms with E-state index in [4.69, 9.17) is 35.3 Å². The Hall–Kier alpha value is -5.80. The van der Waals surface area contributed by atoms with Gasteiger partial charge in [0.1, 0.15) is 40.7 Å². The van der Waals surface area contributed by atoms with Crippen molar-refractivity contribution in [3.63, 3.8) is 0 Å². The molecule has 1 unspecified atom stereocenters. The highest BCUT2D eigenvalue weighted by molar-refractivity contribution is 7.99. The molecule has 19 nitrogen and oxygen atoms in total. The highest BCUT2D eigenvalue weighted by Gasteiger charge is 2.64. The minimum Gasteiger partial charge on any atom is -0.495 e. The van der Waals surface area contributed by atoms with Gasteiger partial charge in [-0.25, -0.2) is 9.59 Å². The zero-order chi connectivity index (χ0) is 55.5. The van der Waals surface area contributed by atoms with Gasteiger partial charge in [-0.1, -0.05) is 54.5 Å². The monoisotopic (exact) mass is 1090 g/mol. The van der Waals surface area contributed by atoms with Crippen LogP contribution in [0.5, 0.6) is 5.75 Å². The molecular formula is C55H72ClN5O14S. The number of rotatable bonds is 18. The second-order valence-electron chi connectivity index (χ2n) is 20.5. The fraction of sp³-hybridized carbons (Fsp3) is 0.564. The van der Waals surface area contributed by atoms with Crippen LogP contribution >= 0.6 is 23.4 Å². The Morgan fingerprint density at radius 2 is 1.79 bits per heavy atom. The van der Waals surface area contributed by atoms with E-state index in [-0.39, 0.29) is 59.6 Å². The first kappa shape index (κ1) is 59.4. The van der Waals surface area contributed by atoms with Crippen molar-refractivity contribution >= 4 is 77.3 Å². The molecule has 76 heavy (non-hydrogen) atoms. The number of thioether (sulfide) groups is 1. The Balaban J connectivity index is 1.02. The van der Waals surface area contributed by atoms with E-state index in [1.165, 1.54) is 49.8 Å². The number of likely N-dealkylation sites (N-methyl/N-ethyl adjacent to an activating group) is 1. The van der Waals surface area contributed by atoms with Gasteiger partial charge in [0.15, 0.2) is 18.3 Å². The number of anilines is 1. The normalized spacial score (nSPS) is 28.2. The summed E-state index contributed by atoms with van der Waals surface area (Å²) in [7, 11) is 5.92. The zero-order valence-electron chi connectivity index (χ0n) is 44.5. The van der Waals surface area contributed by atoms with Crippen molar-refractivity contribution in [1.29, 1.82) is 0 Å². The van der Waals surface area contributed by atoms with Crippen molar-refractivity contribution in [1.82, 2.24) is 20.9 Å². The summed E-state index contributed by atoms with van der Waals surface area (Å²) >= 11 is 8.10. The second kappa shape index (κ2) is 26.5. The van der Waals surface area contributed by atoms with Gasteiger partial charge >= 0.3 is 12.1 Å². The number of methoxy groups -OCH3 is 2. The summed E-state index contributed by atoms with van der Waals surface area (Å²) in [6.07, 6.45) is 5.31. The van der Waals surface area contributed by atoms with Crippen LogP contribution in [0.2, 0.25) is 5.02 Å². The number of carbonyl (C=O) groups excluding carboxylic acids is 8. The van der Waals surface area contributed by atoms with Crippen LogP contribution in [-0.2, 0) is 55.8 Å². The lowest BCUT2D eigenvalue weighted by atomic mass is 9.81. The Morgan fingerprint density at radius 3 is 2.47 bits per heavy atom. The van der Waals surface area contributed by atoms with Gasteiger partial charge in [-0.05, 0) is 94.5 Å². The largest absolute Gasteiger partial charge is 0.495 e. The molecule has 5 amide bonds. The summed E-state index contributed by atoms with van der Waals surface area (Å²) in [6, 6.07) is 7.48. The average Bonchev–Trinajstić information content (AvgIpc) is 4.16. The fourth-order valence-electron chi connectivity index (χ4n) is 10.1. The Labute approximate surface area is 453 Å². The number of aldehydes is 2. The van der Waals surface area contributed by atoms with E-state index in [1.54, 1.807) is 63.4 Å². The second-order valence-corrected chi connectivity index (χ2v) is 22.0. The van der Waals surface area contributed by atoms with Crippen LogP contribution in [0.1, 0.15) is 104 Å². The molecular weight excluding hydrogens is 1020 g/mol. The Kier molecular flexibility index (Phi) is 20.7. The number of halogens is 1. The number of epoxide rings is 1. The van der Waals surface area contributed by atoms with Crippen LogP contribution in [0.25, 0.3) is 0 Å². The van der Waals surface area contributed by atoms with Crippen LogP contribution in [0.3, 0.4) is 0 Å². The predicted molar refractivity (Wildman–Crippen MR) is 285 cm³/mol. The number of allylic oxidation sites excluding steroid dienone is 3. The van der Waals surface area contributed by atoms with Crippen LogP contribution in [0, 0.1) is 17.8 Å². The standard InChI is InChI=1S/C55H72ClN5O14S/c1-32-10-9-11-44(72-8)55(70)27-43(73-53(69)59-55)33(2)50-54(4,75-50)45(26-48(66)61(6)41-24-37(22-32)25-42(71-7)49(41)56)74-52(68)34(3)60(5)47(65)19-21-76-31-46(64)58-28-36-13-15-38(16-14-36)51(67)57-20-18-35-12-17-39(29-62)40(23-35)30-63/h9-12,17,23-25,29-30,33-34,36,38,43-45,50,70H,13-16,18-22,26-28,31H2,1-8H3,(H,57,67)(H,58,64)(H,59,69)/b11-9-,32-10+/t33-,34+,36?,38?,43+,44-,45-,50?,54+,55+/m1/s1. The topological polar surface area (TPSA) is 249 Å². The summed E-state index contributed by atoms with van der Waals surface area (Å²) in [6.45, 7) is 7.78. The van der Waals surface area contributed by atoms with Crippen LogP contribution in [0.15, 0.2) is 54.1 Å². The summed E-state index contributed by atoms with van der Waals surface area (Å²) < 4.78 is 29.4. The molecule has 0 radical (unpaired) electrons. The number of hydrogen-bond acceptors (Lipinski definition) is 15. The van der Waals surface area contributed by atoms with E-state index in [1.807, 2.05) is 13.0 Å². The number of hydrogen-bond donors (Lipinski definition) is 4. The molecule has 6 rings (SSSR count). The first-order chi connectivity index (χ1) is 36.1. The number of benzene rings is 2. The Morgan fingerprint density at radius 1 is 1.07 bits per heavy atom. The number of nitrogens with zero attached hydrogens (tertiary/aromatic N) is 2. The van der Waals surface area contributed by atoms with E-state index < -0.39 is 65.7 Å². The molecule has 2 aromatic rings. The third kappa shape index (κ3) is 14.8. The molecule has 8 atom stereocenters. The number of fused-ring (bicyclic) bond motifs is 5. The molecule has 21 heteroatoms. The number of alkyl carbamates (subject to hydrolysis) is 1. The molecule has 414 valence electrons. The summed E-state index contributed by atoms with van der Waals surface area (Å²) in [5, 5.41) is 20.5. The number of carbonyl (C=O) groups is 8. The maximum Gasteiger partial charge on any atom is 0.409 e. The smallest absolute Gasteiger partial charge is 0.409 e. The molecule has 0 aromatic heterocycles. The molecule has 1 saturated carbocycles. The molecule has 4 bridgehead atoms. The Bertz CT molecular complexity index is 2550. The van der Waals surface area contributed by atoms with Crippen LogP contribution in [-0.4, -0.2) is 153 Å². The van der Waals surface area contributed by atoms with Gasteiger partial charge in [0.05, 0.1) is 31.1 Å². The van der Waals surface area contributed by atoms with Gasteiger partial charge < -0.3 is 49.2 Å². The molecule has 4 aliphatic rings. The summed E-state index contributed by atoms with van der Waals surface area (Å²) in [5.41, 5.74) is 0.370. The van der Waals surface area contributed by atoms with Crippen molar-refractivity contribution in [3.05, 3.63) is 81.4 Å². The molecule has 1 aliphatic carbocycles. The average molecular weight is 1090 g/mol. The number of amides is 5. The molecule has 2 aromatic carbocycles. The lowest BCUT2D eigenvalue weighted by Crippen LogP contribution is -2.63. The minimum atomic E-state index is -1.87. The lowest BCUT2D eigenvalue weighted by molar-refractivity contribution is -0.162. The highest BCUT2D eigenvalue weighted by atomic mass is 35.5. The molecule has 3 heterocycles. The quantitative estimate of drug-likeness (QED) is 0.0619. The van der Waals surface area contributed by atoms with Crippen molar-refractivity contribution in [2.24, 2.45) is 17.8 Å². The number of ether oxygens (including phenoxy) is 5. The first-order valence-corrected chi connectivity index (χ1v) is 27.2. The van der Waals surface area contributed by atoms with Gasteiger partial charge in [-0.3, -0.25) is 34.1 Å². The zero-order valence-corrected chi connectivity index (χ0v) is 46.1. The third-order valence-electron chi connectivity index (χ3n) is 15.1. The number of esters is 1. The molecule has 3 fully saturated rings. The fourth-order valence-corrected chi connectivity index (χ4v) is 11.2. The maximum atomic E-state index is 14.3. The van der Waals surface area contributed by atoms with Gasteiger partial charge in [0.25, 0.3) is 0 Å². The van der Waals surface area contributed by atoms with Gasteiger partial charge in [-0.15, -0.1) is 0 Å². The van der Waals surface area contributed by atoms with Crippen molar-refractivity contribution in [2.75, 3.05) is 57.8 Å². The number of aliphatic hydroxyl groups is 1. The van der Waals surface area contributed by atoms with Crippen LogP contribution in [0.4, 0.5) is 10.5 Å². The van der Waals surface area contributed by atoms with E-state index in [9.17, 15) is 43.5 Å². The summed E-state index contributed by atoms with van der Waals surface area (Å²) in [4.78, 5) is 106. The van der Waals surface area contributed by atoms with E-state index in [0.29, 0.717) is 79.7 Å². The SMILES string of the molecule is COc1cc2cc(c1Cl)N(C)C(=O)C[C@@H](OC(=O)[C@H](C)N(C)C(=O)CCSCC(=O)NCC1CCC(C(=O)NCCc3ccc(C=O)c(C=O)c3)CC1)[C@]1(C)OC1[C@H](C)[C@@H]1C[C@@](O)(NC(=O)O1)[C@H](OC)/C=C\C=C(/C)C2. The predicted octanol–water partition coefficient (Wildman–Crippen LogP) is 5.54. The van der Waals surface area contributed by atoms with Gasteiger partial charge in [0, 0.05) is 75.9 Å². The maximum absolute atomic E-state index is 14.3. The van der Waals surface area contributed by atoms with Crippen molar-refractivity contribution < 1.29 is 67.1 Å². The molecule has 2 saturated heterocycles. The van der Waals surface area contributed by atoms with Gasteiger partial charge in [0.2, 0.25) is 23.6 Å². The molecule has 4 N–H and O–H groups in total. The van der Waals surface area contributed by atoms with Gasteiger partial charge in [-0.2, -0.15) is 11.8 Å². The lowest BCUT2D eigenvalue weighted by Gasteiger charge is -2.42. The first-order valence-electron chi connectivity index (χ1n) is 25.6. The highest BCUT2D eigenvalue weighted by Crippen LogP contribution is 2.49. The molecule has 0 spiro atoms. The molecule has 3 aliphatic heterocycles. The van der Waals surface area contributed by atoms with Crippen molar-refractivity contribution in [3.8, 4) is 5.75 Å². The van der Waals surface area contributed by atoms with E-state index >= 15 is 0 Å². The summed E-state index contributed by atoms with van der Waals surface area (Å²) in [5.74, 6) is -1.55.